The number of hydrogen-bond donors (Lipinski definition) is 3. The Labute approximate surface area is 176 Å². The molecule has 0 aromatic heterocycles. The summed E-state index contributed by atoms with van der Waals surface area (Å²) in [4.78, 5) is 7.18. The highest BCUT2D eigenvalue weighted by molar-refractivity contribution is 5.79. The van der Waals surface area contributed by atoms with Gasteiger partial charge < -0.3 is 20.5 Å². The Hall–Kier alpha value is -1.63. The zero-order valence-corrected chi connectivity index (χ0v) is 18.5. The van der Waals surface area contributed by atoms with Crippen molar-refractivity contribution in [2.75, 3.05) is 39.4 Å². The first-order valence-corrected chi connectivity index (χ1v) is 11.1. The maximum Gasteiger partial charge on any atom is 0.191 e. The van der Waals surface area contributed by atoms with Crippen LogP contribution in [0.15, 0.2) is 29.3 Å². The molecule has 1 aliphatic heterocycles. The molecule has 1 aromatic rings. The third kappa shape index (κ3) is 10.1. The second kappa shape index (κ2) is 13.6. The lowest BCUT2D eigenvalue weighted by Gasteiger charge is -2.26. The minimum atomic E-state index is -0.549. The van der Waals surface area contributed by atoms with Crippen molar-refractivity contribution in [3.05, 3.63) is 35.4 Å². The number of rotatable bonds is 11. The Bertz CT molecular complexity index is 583. The number of aliphatic imine (C=N–C) groups is 1. The molecule has 1 atom stereocenters. The number of benzene rings is 1. The van der Waals surface area contributed by atoms with Crippen molar-refractivity contribution in [3.8, 4) is 0 Å². The fourth-order valence-corrected chi connectivity index (χ4v) is 3.35. The molecule has 6 nitrogen and oxygen atoms in total. The van der Waals surface area contributed by atoms with Gasteiger partial charge in [0, 0.05) is 26.2 Å². The van der Waals surface area contributed by atoms with Gasteiger partial charge in [-0.2, -0.15) is 0 Å². The Kier molecular flexibility index (Phi) is 11.1. The van der Waals surface area contributed by atoms with Gasteiger partial charge in [-0.15, -0.1) is 0 Å². The highest BCUT2D eigenvalue weighted by atomic mass is 16.5. The van der Waals surface area contributed by atoms with E-state index < -0.39 is 6.10 Å². The van der Waals surface area contributed by atoms with Crippen LogP contribution in [0.4, 0.5) is 0 Å². The third-order valence-electron chi connectivity index (χ3n) is 4.91. The normalized spacial score (nSPS) is 16.8. The molecule has 1 unspecified atom stereocenters. The molecule has 0 amide bonds. The minimum absolute atomic E-state index is 0.336. The summed E-state index contributed by atoms with van der Waals surface area (Å²) in [5.41, 5.74) is 2.56. The fourth-order valence-electron chi connectivity index (χ4n) is 3.35. The molecule has 1 aromatic carbocycles. The van der Waals surface area contributed by atoms with Crippen LogP contribution < -0.4 is 10.6 Å². The highest BCUT2D eigenvalue weighted by Gasteiger charge is 2.10. The molecule has 1 fully saturated rings. The number of nitrogens with one attached hydrogen (secondary N) is 2. The Morgan fingerprint density at radius 3 is 2.41 bits per heavy atom. The van der Waals surface area contributed by atoms with Crippen LogP contribution in [0.2, 0.25) is 0 Å². The molecule has 29 heavy (non-hydrogen) atoms. The van der Waals surface area contributed by atoms with Crippen molar-refractivity contribution in [1.29, 1.82) is 0 Å². The highest BCUT2D eigenvalue weighted by Crippen LogP contribution is 2.14. The first-order chi connectivity index (χ1) is 14.1. The van der Waals surface area contributed by atoms with Gasteiger partial charge >= 0.3 is 0 Å². The van der Waals surface area contributed by atoms with Gasteiger partial charge in [0.1, 0.15) is 0 Å². The number of piperidine rings is 1. The molecule has 1 aliphatic rings. The van der Waals surface area contributed by atoms with E-state index in [2.05, 4.69) is 58.6 Å². The van der Waals surface area contributed by atoms with E-state index in [1.807, 2.05) is 6.92 Å². The van der Waals surface area contributed by atoms with Gasteiger partial charge in [0.25, 0.3) is 0 Å². The molecule has 0 saturated carbocycles. The Balaban J connectivity index is 1.77. The second-order valence-corrected chi connectivity index (χ2v) is 8.31. The molecule has 0 bridgehead atoms. The lowest BCUT2D eigenvalue weighted by molar-refractivity contribution is 0.0280. The Morgan fingerprint density at radius 1 is 1.07 bits per heavy atom. The fraction of sp³-hybridized carbons (Fsp3) is 0.696. The predicted molar refractivity (Wildman–Crippen MR) is 120 cm³/mol. The van der Waals surface area contributed by atoms with Crippen LogP contribution >= 0.6 is 0 Å². The number of guanidine groups is 1. The van der Waals surface area contributed by atoms with E-state index in [4.69, 9.17) is 4.74 Å². The maximum atomic E-state index is 10.1. The summed E-state index contributed by atoms with van der Waals surface area (Å²) in [7, 11) is 0. The van der Waals surface area contributed by atoms with E-state index in [9.17, 15) is 5.11 Å². The molecular formula is C23H40N4O2. The average molecular weight is 405 g/mol. The van der Waals surface area contributed by atoms with Crippen molar-refractivity contribution in [3.63, 3.8) is 0 Å². The van der Waals surface area contributed by atoms with Crippen LogP contribution in [-0.4, -0.2) is 61.5 Å². The second-order valence-electron chi connectivity index (χ2n) is 8.31. The van der Waals surface area contributed by atoms with Gasteiger partial charge in [-0.1, -0.05) is 44.5 Å². The molecule has 3 N–H and O–H groups in total. The van der Waals surface area contributed by atoms with Gasteiger partial charge in [0.15, 0.2) is 5.96 Å². The van der Waals surface area contributed by atoms with Crippen molar-refractivity contribution >= 4 is 5.96 Å². The molecule has 6 heteroatoms. The Morgan fingerprint density at radius 2 is 1.76 bits per heavy atom. The summed E-state index contributed by atoms with van der Waals surface area (Å²) in [6.07, 6.45) is 3.47. The van der Waals surface area contributed by atoms with Crippen LogP contribution in [0, 0.1) is 5.92 Å². The zero-order valence-electron chi connectivity index (χ0n) is 18.5. The van der Waals surface area contributed by atoms with Crippen LogP contribution in [0.25, 0.3) is 0 Å². The lowest BCUT2D eigenvalue weighted by Crippen LogP contribution is -2.42. The van der Waals surface area contributed by atoms with Gasteiger partial charge in [0.05, 0.1) is 19.3 Å². The quantitative estimate of drug-likeness (QED) is 0.391. The van der Waals surface area contributed by atoms with Crippen molar-refractivity contribution in [2.24, 2.45) is 10.9 Å². The summed E-state index contributed by atoms with van der Waals surface area (Å²) in [6, 6.07) is 8.77. The van der Waals surface area contributed by atoms with Crippen LogP contribution in [0.1, 0.15) is 51.2 Å². The van der Waals surface area contributed by atoms with E-state index in [1.54, 1.807) is 0 Å². The van der Waals surface area contributed by atoms with Crippen molar-refractivity contribution < 1.29 is 9.84 Å². The van der Waals surface area contributed by atoms with Crippen LogP contribution in [-0.2, 0) is 17.8 Å². The summed E-state index contributed by atoms with van der Waals surface area (Å²) >= 11 is 0. The first kappa shape index (κ1) is 23.6. The van der Waals surface area contributed by atoms with Gasteiger partial charge in [-0.3, -0.25) is 4.90 Å². The molecule has 1 saturated heterocycles. The molecular weight excluding hydrogens is 364 g/mol. The summed E-state index contributed by atoms with van der Waals surface area (Å²) in [5, 5.41) is 16.5. The monoisotopic (exact) mass is 404 g/mol. The van der Waals surface area contributed by atoms with E-state index in [-0.39, 0.29) is 0 Å². The number of aliphatic hydroxyl groups excluding tert-OH is 1. The molecule has 1 heterocycles. The molecule has 0 radical (unpaired) electrons. The van der Waals surface area contributed by atoms with E-state index in [0.717, 1.165) is 13.1 Å². The number of nitrogens with zero attached hydrogens (tertiary/aromatic N) is 2. The number of aliphatic hydroxyl groups is 1. The summed E-state index contributed by atoms with van der Waals surface area (Å²) < 4.78 is 5.49. The zero-order chi connectivity index (χ0) is 20.9. The third-order valence-corrected chi connectivity index (χ3v) is 4.91. The SMILES string of the molecule is CCNC(=NCc1ccc(CN2CCCCC2)cc1)NCC(O)COCC(C)C. The van der Waals surface area contributed by atoms with Gasteiger partial charge in [-0.25, -0.2) is 4.99 Å². The van der Waals surface area contributed by atoms with Crippen molar-refractivity contribution in [2.45, 2.75) is 59.2 Å². The topological polar surface area (TPSA) is 69.1 Å². The van der Waals surface area contributed by atoms with Crippen LogP contribution in [0.5, 0.6) is 0 Å². The standard InChI is InChI=1S/C23H40N4O2/c1-4-24-23(26-15-22(28)18-29-17-19(2)3)25-14-20-8-10-21(11-9-20)16-27-12-6-5-7-13-27/h8-11,19,22,28H,4-7,12-18H2,1-3H3,(H2,24,25,26). The number of ether oxygens (including phenoxy) is 1. The van der Waals surface area contributed by atoms with Gasteiger partial charge in [-0.05, 0) is 49.9 Å². The van der Waals surface area contributed by atoms with E-state index in [1.165, 1.54) is 43.5 Å². The molecule has 0 aliphatic carbocycles. The lowest BCUT2D eigenvalue weighted by atomic mass is 10.1. The first-order valence-electron chi connectivity index (χ1n) is 11.1. The largest absolute Gasteiger partial charge is 0.389 e. The molecule has 0 spiro atoms. The summed E-state index contributed by atoms with van der Waals surface area (Å²) in [6.45, 7) is 12.5. The maximum absolute atomic E-state index is 10.1. The molecule has 164 valence electrons. The smallest absolute Gasteiger partial charge is 0.191 e. The van der Waals surface area contributed by atoms with Crippen molar-refractivity contribution in [1.82, 2.24) is 15.5 Å². The predicted octanol–water partition coefficient (Wildman–Crippen LogP) is 2.76. The van der Waals surface area contributed by atoms with E-state index >= 15 is 0 Å². The number of likely N-dealkylation sites (tertiary alicyclic amines) is 1. The van der Waals surface area contributed by atoms with E-state index in [0.29, 0.717) is 38.2 Å². The number of hydrogen-bond acceptors (Lipinski definition) is 4. The minimum Gasteiger partial charge on any atom is -0.389 e. The average Bonchev–Trinajstić information content (AvgIpc) is 2.71. The molecule has 2 rings (SSSR count). The summed E-state index contributed by atoms with van der Waals surface area (Å²) in [5.74, 6) is 1.19. The van der Waals surface area contributed by atoms with Crippen LogP contribution in [0.3, 0.4) is 0 Å². The van der Waals surface area contributed by atoms with Gasteiger partial charge in [0.2, 0.25) is 0 Å².